The van der Waals surface area contributed by atoms with Gasteiger partial charge in [0.05, 0.1) is 18.9 Å². The molecule has 86 valence electrons. The van der Waals surface area contributed by atoms with Crippen LogP contribution in [0.25, 0.3) is 0 Å². The first kappa shape index (κ1) is 12.0. The molecule has 0 unspecified atom stereocenters. The van der Waals surface area contributed by atoms with Gasteiger partial charge >= 0.3 is 0 Å². The summed E-state index contributed by atoms with van der Waals surface area (Å²) >= 11 is 0. The fourth-order valence-corrected chi connectivity index (χ4v) is 1.80. The SMILES string of the molecule is CCN(CCO)c1c(CO)c(C)nn1C. The lowest BCUT2D eigenvalue weighted by molar-refractivity contribution is 0.280. The Morgan fingerprint density at radius 2 is 2.07 bits per heavy atom. The summed E-state index contributed by atoms with van der Waals surface area (Å²) in [6.07, 6.45) is 0. The molecule has 1 aromatic heterocycles. The number of hydrogen-bond donors (Lipinski definition) is 2. The Morgan fingerprint density at radius 1 is 1.40 bits per heavy atom. The molecule has 0 aliphatic rings. The number of likely N-dealkylation sites (N-methyl/N-ethyl adjacent to an activating group) is 1. The number of anilines is 1. The van der Waals surface area contributed by atoms with Crippen molar-refractivity contribution >= 4 is 5.82 Å². The van der Waals surface area contributed by atoms with Crippen molar-refractivity contribution < 1.29 is 10.2 Å². The Bertz CT molecular complexity index is 323. The Hall–Kier alpha value is -1.07. The van der Waals surface area contributed by atoms with Gasteiger partial charge in [-0.1, -0.05) is 0 Å². The van der Waals surface area contributed by atoms with Crippen LogP contribution in [-0.4, -0.2) is 39.7 Å². The second kappa shape index (κ2) is 5.14. The monoisotopic (exact) mass is 213 g/mol. The van der Waals surface area contributed by atoms with Gasteiger partial charge in [0, 0.05) is 25.7 Å². The van der Waals surface area contributed by atoms with Crippen LogP contribution in [-0.2, 0) is 13.7 Å². The second-order valence-electron chi connectivity index (χ2n) is 3.47. The number of aliphatic hydroxyl groups is 2. The molecular weight excluding hydrogens is 194 g/mol. The molecule has 0 aliphatic heterocycles. The van der Waals surface area contributed by atoms with E-state index in [2.05, 4.69) is 5.10 Å². The molecule has 0 radical (unpaired) electrons. The molecule has 1 heterocycles. The number of rotatable bonds is 5. The molecule has 15 heavy (non-hydrogen) atoms. The fraction of sp³-hybridized carbons (Fsp3) is 0.700. The zero-order valence-corrected chi connectivity index (χ0v) is 9.56. The summed E-state index contributed by atoms with van der Waals surface area (Å²) in [5, 5.41) is 22.5. The zero-order valence-electron chi connectivity index (χ0n) is 9.56. The predicted octanol–water partition coefficient (Wildman–Crippen LogP) is 0.0394. The molecule has 5 nitrogen and oxygen atoms in total. The Balaban J connectivity index is 3.09. The van der Waals surface area contributed by atoms with Gasteiger partial charge in [0.2, 0.25) is 0 Å². The molecular formula is C10H19N3O2. The van der Waals surface area contributed by atoms with Gasteiger partial charge in [-0.3, -0.25) is 4.68 Å². The van der Waals surface area contributed by atoms with Crippen molar-refractivity contribution in [2.75, 3.05) is 24.6 Å². The van der Waals surface area contributed by atoms with E-state index in [0.717, 1.165) is 23.6 Å². The molecule has 1 rings (SSSR count). The first-order chi connectivity index (χ1) is 7.15. The number of aryl methyl sites for hydroxylation is 2. The van der Waals surface area contributed by atoms with Crippen molar-refractivity contribution in [3.05, 3.63) is 11.3 Å². The van der Waals surface area contributed by atoms with Gasteiger partial charge in [-0.15, -0.1) is 0 Å². The van der Waals surface area contributed by atoms with Crippen LogP contribution in [0, 0.1) is 6.92 Å². The molecule has 0 amide bonds. The zero-order chi connectivity index (χ0) is 11.4. The lowest BCUT2D eigenvalue weighted by Crippen LogP contribution is -2.29. The van der Waals surface area contributed by atoms with Crippen molar-refractivity contribution in [1.29, 1.82) is 0 Å². The standard InChI is InChI=1S/C10H19N3O2/c1-4-13(5-6-14)10-9(7-15)8(2)11-12(10)3/h14-15H,4-7H2,1-3H3. The van der Waals surface area contributed by atoms with Crippen molar-refractivity contribution in [2.45, 2.75) is 20.5 Å². The maximum Gasteiger partial charge on any atom is 0.132 e. The average molecular weight is 213 g/mol. The van der Waals surface area contributed by atoms with E-state index >= 15 is 0 Å². The first-order valence-electron chi connectivity index (χ1n) is 5.14. The third kappa shape index (κ3) is 2.30. The normalized spacial score (nSPS) is 10.7. The molecule has 0 spiro atoms. The summed E-state index contributed by atoms with van der Waals surface area (Å²) < 4.78 is 1.75. The molecule has 0 bridgehead atoms. The largest absolute Gasteiger partial charge is 0.395 e. The lowest BCUT2D eigenvalue weighted by Gasteiger charge is -2.23. The van der Waals surface area contributed by atoms with E-state index in [1.54, 1.807) is 4.68 Å². The third-order valence-electron chi connectivity index (χ3n) is 2.52. The topological polar surface area (TPSA) is 61.5 Å². The third-order valence-corrected chi connectivity index (χ3v) is 2.52. The highest BCUT2D eigenvalue weighted by Gasteiger charge is 2.16. The molecule has 1 aromatic rings. The fourth-order valence-electron chi connectivity index (χ4n) is 1.80. The average Bonchev–Trinajstić information content (AvgIpc) is 2.49. The summed E-state index contributed by atoms with van der Waals surface area (Å²) in [5.41, 5.74) is 1.68. The van der Waals surface area contributed by atoms with Crippen LogP contribution in [0.4, 0.5) is 5.82 Å². The van der Waals surface area contributed by atoms with Crippen LogP contribution >= 0.6 is 0 Å². The van der Waals surface area contributed by atoms with Gasteiger partial charge in [-0.25, -0.2) is 0 Å². The number of hydrogen-bond acceptors (Lipinski definition) is 4. The smallest absolute Gasteiger partial charge is 0.132 e. The highest BCUT2D eigenvalue weighted by molar-refractivity contribution is 5.49. The minimum atomic E-state index is -0.0169. The molecule has 0 aliphatic carbocycles. The van der Waals surface area contributed by atoms with Gasteiger partial charge in [-0.05, 0) is 13.8 Å². The van der Waals surface area contributed by atoms with E-state index in [9.17, 15) is 5.11 Å². The first-order valence-corrected chi connectivity index (χ1v) is 5.14. The predicted molar refractivity (Wildman–Crippen MR) is 58.8 cm³/mol. The van der Waals surface area contributed by atoms with Gasteiger partial charge in [0.25, 0.3) is 0 Å². The van der Waals surface area contributed by atoms with Crippen molar-refractivity contribution in [1.82, 2.24) is 9.78 Å². The second-order valence-corrected chi connectivity index (χ2v) is 3.47. The quantitative estimate of drug-likeness (QED) is 0.725. The number of aliphatic hydroxyl groups excluding tert-OH is 2. The van der Waals surface area contributed by atoms with E-state index in [1.807, 2.05) is 25.8 Å². The molecule has 0 atom stereocenters. The Kier molecular flexibility index (Phi) is 4.11. The minimum Gasteiger partial charge on any atom is -0.395 e. The number of nitrogens with zero attached hydrogens (tertiary/aromatic N) is 3. The summed E-state index contributed by atoms with van der Waals surface area (Å²) in [4.78, 5) is 2.01. The summed E-state index contributed by atoms with van der Waals surface area (Å²) in [6, 6.07) is 0. The molecule has 2 N–H and O–H groups in total. The molecule has 0 saturated carbocycles. The summed E-state index contributed by atoms with van der Waals surface area (Å²) in [7, 11) is 1.85. The molecule has 0 aromatic carbocycles. The highest BCUT2D eigenvalue weighted by atomic mass is 16.3. The molecule has 0 saturated heterocycles. The van der Waals surface area contributed by atoms with Crippen molar-refractivity contribution in [2.24, 2.45) is 7.05 Å². The molecule has 5 heteroatoms. The van der Waals surface area contributed by atoms with Gasteiger partial charge < -0.3 is 15.1 Å². The highest BCUT2D eigenvalue weighted by Crippen LogP contribution is 2.22. The van der Waals surface area contributed by atoms with Crippen LogP contribution in [0.15, 0.2) is 0 Å². The van der Waals surface area contributed by atoms with Crippen LogP contribution in [0.5, 0.6) is 0 Å². The van der Waals surface area contributed by atoms with Crippen LogP contribution in [0.1, 0.15) is 18.2 Å². The minimum absolute atomic E-state index is 0.0169. The summed E-state index contributed by atoms with van der Waals surface area (Å²) in [6.45, 7) is 5.32. The van der Waals surface area contributed by atoms with E-state index in [4.69, 9.17) is 5.11 Å². The van der Waals surface area contributed by atoms with Crippen LogP contribution < -0.4 is 4.90 Å². The maximum absolute atomic E-state index is 9.28. The Morgan fingerprint density at radius 3 is 2.53 bits per heavy atom. The van der Waals surface area contributed by atoms with Gasteiger partial charge in [-0.2, -0.15) is 5.10 Å². The van der Waals surface area contributed by atoms with Gasteiger partial charge in [0.15, 0.2) is 0 Å². The molecule has 0 fully saturated rings. The number of aromatic nitrogens is 2. The Labute approximate surface area is 89.9 Å². The van der Waals surface area contributed by atoms with Crippen LogP contribution in [0.2, 0.25) is 0 Å². The maximum atomic E-state index is 9.28. The van der Waals surface area contributed by atoms with Gasteiger partial charge in [0.1, 0.15) is 5.82 Å². The lowest BCUT2D eigenvalue weighted by atomic mass is 10.2. The van der Waals surface area contributed by atoms with Crippen molar-refractivity contribution in [3.63, 3.8) is 0 Å². The van der Waals surface area contributed by atoms with Crippen molar-refractivity contribution in [3.8, 4) is 0 Å². The van der Waals surface area contributed by atoms with E-state index in [1.165, 1.54) is 0 Å². The van der Waals surface area contributed by atoms with E-state index in [-0.39, 0.29) is 13.2 Å². The van der Waals surface area contributed by atoms with Crippen LogP contribution in [0.3, 0.4) is 0 Å². The van der Waals surface area contributed by atoms with E-state index in [0.29, 0.717) is 6.54 Å². The van der Waals surface area contributed by atoms with E-state index < -0.39 is 0 Å². The summed E-state index contributed by atoms with van der Waals surface area (Å²) in [5.74, 6) is 0.895.